The minimum absolute atomic E-state index is 0.141. The molecule has 1 aliphatic heterocycles. The highest BCUT2D eigenvalue weighted by Gasteiger charge is 2.27. The molecule has 0 unspecified atom stereocenters. The minimum Gasteiger partial charge on any atom is -0.444 e. The largest absolute Gasteiger partial charge is 0.444 e. The SMILES string of the molecule is C=C(CN1CCN(C(=O)OC(C)(C)C)CC1)CN(CCC(c1ccccc1)c1ccccc1)C(=O)Nc1ccc(SC)cc1. The van der Waals surface area contributed by atoms with E-state index in [4.69, 9.17) is 4.74 Å². The number of nitrogens with one attached hydrogen (secondary N) is 1. The lowest BCUT2D eigenvalue weighted by atomic mass is 9.88. The Morgan fingerprint density at radius 1 is 0.909 bits per heavy atom. The van der Waals surface area contributed by atoms with Gasteiger partial charge in [0.15, 0.2) is 0 Å². The Balaban J connectivity index is 1.43. The summed E-state index contributed by atoms with van der Waals surface area (Å²) < 4.78 is 5.54. The molecule has 1 N–H and O–H groups in total. The molecule has 7 nitrogen and oxygen atoms in total. The lowest BCUT2D eigenvalue weighted by Crippen LogP contribution is -2.50. The standard InChI is InChI=1S/C36H46N4O3S/c1-28(26-38-22-24-39(25-23-38)35(42)43-36(2,3)4)27-40(34(41)37-31-16-18-32(44-5)19-17-31)21-20-33(29-12-8-6-9-13-29)30-14-10-7-11-15-30/h6-19,33H,1,20-27H2,2-5H3,(H,37,41). The molecule has 4 rings (SSSR count). The third kappa shape index (κ3) is 10.2. The van der Waals surface area contributed by atoms with Gasteiger partial charge in [-0.3, -0.25) is 4.90 Å². The van der Waals surface area contributed by atoms with Gasteiger partial charge in [-0.1, -0.05) is 67.2 Å². The lowest BCUT2D eigenvalue weighted by molar-refractivity contribution is 0.0151. The van der Waals surface area contributed by atoms with Crippen molar-refractivity contribution in [2.24, 2.45) is 0 Å². The van der Waals surface area contributed by atoms with E-state index in [1.54, 1.807) is 16.7 Å². The van der Waals surface area contributed by atoms with Crippen molar-refractivity contribution in [3.63, 3.8) is 0 Å². The van der Waals surface area contributed by atoms with Gasteiger partial charge in [-0.2, -0.15) is 0 Å². The first kappa shape index (κ1) is 33.1. The van der Waals surface area contributed by atoms with Crippen molar-refractivity contribution < 1.29 is 14.3 Å². The molecule has 3 amide bonds. The summed E-state index contributed by atoms with van der Waals surface area (Å²) in [4.78, 5) is 33.3. The Hall–Kier alpha value is -3.75. The molecule has 0 bridgehead atoms. The number of thioether (sulfide) groups is 1. The number of rotatable bonds is 11. The van der Waals surface area contributed by atoms with Gasteiger partial charge in [0, 0.05) is 62.3 Å². The Bertz CT molecular complexity index is 1310. The van der Waals surface area contributed by atoms with Crippen LogP contribution >= 0.6 is 11.8 Å². The van der Waals surface area contributed by atoms with E-state index >= 15 is 0 Å². The zero-order chi connectivity index (χ0) is 31.5. The van der Waals surface area contributed by atoms with Crippen LogP contribution in [0.5, 0.6) is 0 Å². The molecule has 44 heavy (non-hydrogen) atoms. The maximum atomic E-state index is 13.7. The molecule has 3 aromatic carbocycles. The van der Waals surface area contributed by atoms with Crippen molar-refractivity contribution in [1.82, 2.24) is 14.7 Å². The normalized spacial score (nSPS) is 13.9. The molecule has 0 aromatic heterocycles. The fraction of sp³-hybridized carbons (Fsp3) is 0.389. The number of amides is 3. The van der Waals surface area contributed by atoms with E-state index in [1.807, 2.05) is 68.3 Å². The van der Waals surface area contributed by atoms with Gasteiger partial charge in [-0.05, 0) is 74.4 Å². The van der Waals surface area contributed by atoms with E-state index in [0.717, 1.165) is 35.7 Å². The summed E-state index contributed by atoms with van der Waals surface area (Å²) in [7, 11) is 0. The number of benzene rings is 3. The number of urea groups is 1. The summed E-state index contributed by atoms with van der Waals surface area (Å²) in [6.45, 7) is 14.4. The van der Waals surface area contributed by atoms with Crippen molar-refractivity contribution in [1.29, 1.82) is 0 Å². The number of carbonyl (C=O) groups is 2. The zero-order valence-electron chi connectivity index (χ0n) is 26.5. The summed E-state index contributed by atoms with van der Waals surface area (Å²) in [5.74, 6) is 0.155. The second-order valence-corrected chi connectivity index (χ2v) is 13.1. The molecule has 0 atom stereocenters. The first-order valence-corrected chi connectivity index (χ1v) is 16.5. The average molecular weight is 615 g/mol. The Morgan fingerprint density at radius 3 is 2.00 bits per heavy atom. The second-order valence-electron chi connectivity index (χ2n) is 12.2. The molecule has 1 fully saturated rings. The Kier molecular flexibility index (Phi) is 11.9. The van der Waals surface area contributed by atoms with Crippen molar-refractivity contribution in [3.05, 3.63) is 108 Å². The van der Waals surface area contributed by atoms with E-state index in [9.17, 15) is 9.59 Å². The van der Waals surface area contributed by atoms with Gasteiger partial charge in [0.1, 0.15) is 5.60 Å². The summed E-state index contributed by atoms with van der Waals surface area (Å²) in [6.07, 6.45) is 2.54. The van der Waals surface area contributed by atoms with E-state index in [-0.39, 0.29) is 18.0 Å². The highest BCUT2D eigenvalue weighted by atomic mass is 32.2. The first-order chi connectivity index (χ1) is 21.1. The van der Waals surface area contributed by atoms with Gasteiger partial charge in [0.2, 0.25) is 0 Å². The zero-order valence-corrected chi connectivity index (χ0v) is 27.3. The predicted octanol–water partition coefficient (Wildman–Crippen LogP) is 7.57. The van der Waals surface area contributed by atoms with Gasteiger partial charge in [0.25, 0.3) is 0 Å². The lowest BCUT2D eigenvalue weighted by Gasteiger charge is -2.36. The minimum atomic E-state index is -0.510. The van der Waals surface area contributed by atoms with Crippen LogP contribution in [0.25, 0.3) is 0 Å². The van der Waals surface area contributed by atoms with Crippen LogP contribution < -0.4 is 5.32 Å². The molecular weight excluding hydrogens is 568 g/mol. The van der Waals surface area contributed by atoms with Gasteiger partial charge < -0.3 is 19.9 Å². The number of anilines is 1. The monoisotopic (exact) mass is 614 g/mol. The van der Waals surface area contributed by atoms with E-state index in [1.165, 1.54) is 11.1 Å². The Labute approximate surface area is 267 Å². The van der Waals surface area contributed by atoms with Crippen LogP contribution in [-0.2, 0) is 4.74 Å². The molecule has 234 valence electrons. The summed E-state index contributed by atoms with van der Waals surface area (Å²) >= 11 is 1.67. The number of carbonyl (C=O) groups excluding carboxylic acids is 2. The number of nitrogens with zero attached hydrogens (tertiary/aromatic N) is 3. The maximum Gasteiger partial charge on any atom is 0.410 e. The van der Waals surface area contributed by atoms with Crippen molar-refractivity contribution in [2.75, 3.05) is 57.4 Å². The van der Waals surface area contributed by atoms with E-state index in [2.05, 4.69) is 65.3 Å². The van der Waals surface area contributed by atoms with Crippen LogP contribution in [0, 0.1) is 0 Å². The molecule has 0 spiro atoms. The van der Waals surface area contributed by atoms with Crippen LogP contribution in [0.3, 0.4) is 0 Å². The number of hydrogen-bond acceptors (Lipinski definition) is 5. The molecule has 0 radical (unpaired) electrons. The molecule has 8 heteroatoms. The molecule has 0 aliphatic carbocycles. The highest BCUT2D eigenvalue weighted by molar-refractivity contribution is 7.98. The summed E-state index contributed by atoms with van der Waals surface area (Å²) in [6, 6.07) is 28.7. The number of piperazine rings is 1. The summed E-state index contributed by atoms with van der Waals surface area (Å²) in [5, 5.41) is 3.11. The fourth-order valence-corrected chi connectivity index (χ4v) is 5.77. The molecule has 1 saturated heterocycles. The number of hydrogen-bond donors (Lipinski definition) is 1. The van der Waals surface area contributed by atoms with Crippen molar-refractivity contribution in [2.45, 2.75) is 43.6 Å². The second kappa shape index (κ2) is 15.8. The van der Waals surface area contributed by atoms with Crippen LogP contribution in [-0.4, -0.2) is 84.5 Å². The maximum absolute atomic E-state index is 13.7. The van der Waals surface area contributed by atoms with Crippen LogP contribution in [0.2, 0.25) is 0 Å². The average Bonchev–Trinajstić information content (AvgIpc) is 3.01. The van der Waals surface area contributed by atoms with Gasteiger partial charge in [0.05, 0.1) is 0 Å². The Morgan fingerprint density at radius 2 is 1.48 bits per heavy atom. The van der Waals surface area contributed by atoms with E-state index in [0.29, 0.717) is 32.7 Å². The smallest absolute Gasteiger partial charge is 0.410 e. The fourth-order valence-electron chi connectivity index (χ4n) is 5.36. The molecule has 3 aromatic rings. The first-order valence-electron chi connectivity index (χ1n) is 15.3. The van der Waals surface area contributed by atoms with Crippen LogP contribution in [0.1, 0.15) is 44.2 Å². The summed E-state index contributed by atoms with van der Waals surface area (Å²) in [5.41, 5.74) is 3.68. The van der Waals surface area contributed by atoms with Gasteiger partial charge in [-0.25, -0.2) is 9.59 Å². The third-order valence-corrected chi connectivity index (χ3v) is 8.35. The molecule has 0 saturated carbocycles. The van der Waals surface area contributed by atoms with Gasteiger partial charge >= 0.3 is 12.1 Å². The molecular formula is C36H46N4O3S. The van der Waals surface area contributed by atoms with Gasteiger partial charge in [-0.15, -0.1) is 11.8 Å². The topological polar surface area (TPSA) is 65.1 Å². The van der Waals surface area contributed by atoms with Crippen molar-refractivity contribution in [3.8, 4) is 0 Å². The van der Waals surface area contributed by atoms with Crippen LogP contribution in [0.4, 0.5) is 15.3 Å². The molecule has 1 aliphatic rings. The van der Waals surface area contributed by atoms with Crippen molar-refractivity contribution >= 4 is 29.6 Å². The quantitative estimate of drug-likeness (QED) is 0.178. The predicted molar refractivity (Wildman–Crippen MR) is 182 cm³/mol. The van der Waals surface area contributed by atoms with Crippen LogP contribution in [0.15, 0.2) is 102 Å². The third-order valence-electron chi connectivity index (χ3n) is 7.61. The van der Waals surface area contributed by atoms with E-state index < -0.39 is 5.60 Å². The highest BCUT2D eigenvalue weighted by Crippen LogP contribution is 2.28. The number of ether oxygens (including phenoxy) is 1. The molecule has 1 heterocycles.